The van der Waals surface area contributed by atoms with Crippen LogP contribution in [0.1, 0.15) is 49.2 Å². The molecular weight excluding hydrogens is 1770 g/mol. The number of carbonyl (C=O) groups excluding carboxylic acids is 1. The first-order chi connectivity index (χ1) is 65.8. The van der Waals surface area contributed by atoms with Gasteiger partial charge in [0.2, 0.25) is 17.8 Å². The van der Waals surface area contributed by atoms with Crippen molar-refractivity contribution in [1.82, 2.24) is 69.9 Å². The van der Waals surface area contributed by atoms with Crippen molar-refractivity contribution in [3.8, 4) is 73.2 Å². The van der Waals surface area contributed by atoms with Gasteiger partial charge in [0.15, 0.2) is 11.3 Å². The van der Waals surface area contributed by atoms with Gasteiger partial charge in [-0.15, -0.1) is 0 Å². The van der Waals surface area contributed by atoms with Crippen molar-refractivity contribution in [2.75, 3.05) is 130 Å². The molecule has 0 unspecified atom stereocenters. The molecule has 1 amide bonds. The van der Waals surface area contributed by atoms with Gasteiger partial charge in [-0.2, -0.15) is 43.3 Å². The fourth-order valence-electron chi connectivity index (χ4n) is 16.7. The van der Waals surface area contributed by atoms with Gasteiger partial charge in [-0.05, 0) is 190 Å². The summed E-state index contributed by atoms with van der Waals surface area (Å²) in [5, 5.41) is 24.1. The van der Waals surface area contributed by atoms with E-state index >= 15 is 0 Å². The highest BCUT2D eigenvalue weighted by Gasteiger charge is 2.34. The maximum atomic E-state index is 14.2. The highest BCUT2D eigenvalue weighted by Crippen LogP contribution is 2.40. The second-order valence-corrected chi connectivity index (χ2v) is 34.3. The quantitative estimate of drug-likeness (QED) is 0.0486. The number of nitrogens with one attached hydrogen (secondary N) is 2. The molecule has 0 radical (unpaired) electrons. The van der Waals surface area contributed by atoms with E-state index in [9.17, 15) is 45.1 Å². The first kappa shape index (κ1) is 92.8. The molecule has 16 aromatic rings. The van der Waals surface area contributed by atoms with E-state index in [-0.39, 0.29) is 53.9 Å². The number of morpholine rings is 4. The molecular formula is C99H93F5N20O11S. The van der Waals surface area contributed by atoms with Crippen molar-refractivity contribution >= 4 is 106 Å². The Morgan fingerprint density at radius 2 is 1.12 bits per heavy atom. The predicted molar refractivity (Wildman–Crippen MR) is 509 cm³/mol. The van der Waals surface area contributed by atoms with E-state index in [2.05, 4.69) is 87.5 Å². The van der Waals surface area contributed by atoms with Gasteiger partial charge in [-0.3, -0.25) is 28.8 Å². The van der Waals surface area contributed by atoms with E-state index < -0.39 is 43.9 Å². The Morgan fingerprint density at radius 1 is 0.529 bits per heavy atom. The standard InChI is InChI=1S/C25H17F2N5O3S.C25H30N6O3.C25H31N5O4.C24H15F3N4O/c1-35-25-23(32-36(33,34)24-5-3-18(26)12-21(24)27)11-17(13-29-25)15-2-4-22-20(10-15)19(7-8-28-22)16-6-9-30-31-14-16;1-16-14-33-11-9-30(16)23-20-7-8-21(18-5-4-6-19(13-18)24(32)26-3)27-22(20)28-25(29-23)31-10-12-34-15-17(31)2;1-16-14-33-10-8-29(16)24-20-5-6-21(18-4-7-22(32-3)19(12-18)13-31)26-23(20)27-25(28-24)30-9-11-34-15-17(30)2;25-24(26,27)17-2-1-3-18(11-17)31-22(32)9-6-16-13-29-20-7-4-14(10-19(20)23(16)31)15-5-8-21(28)30-12-15/h2-14,32H,1H3;4-8,13,16-17H,9-12,14-15H2,1-3H3,(H,26,32);4-7,12,16-17,31H,8-11,13-15H2,1-3H3;1-13H,(H2,28,30)/t;2*16-,17-;/m.00./s1. The van der Waals surface area contributed by atoms with E-state index in [0.717, 1.165) is 140 Å². The molecule has 14 heterocycles. The fraction of sp³-hybridized carbons (Fsp3) is 0.253. The number of methoxy groups -OCH3 is 2. The van der Waals surface area contributed by atoms with Crippen LogP contribution in [0.15, 0.2) is 235 Å². The zero-order valence-electron chi connectivity index (χ0n) is 74.9. The number of alkyl halides is 3. The number of anilines is 6. The molecule has 37 heteroatoms. The van der Waals surface area contributed by atoms with Gasteiger partial charge in [0.05, 0.1) is 155 Å². The SMILES string of the molecule is CNC(=O)c1cccc(-c2ccc3c(N4CCOC[C@@H]4C)nc(N4CCOC[C@@H]4C)nc3n2)c1.COc1ccc(-c2ccc3c(N4CCOC[C@@H]4C)nc(N4CCOC[C@@H]4C)nc3n2)cc1CO.COc1ncc(-c2ccc3nccc(-c4ccnnc4)c3c2)cc1NS(=O)(=O)c1ccc(F)cc1F.Nc1ccc(-c2ccc3ncc4ccc(=O)n(-c5cccc(C(F)(F)F)c5)c4c3c2)cn1. The molecule has 696 valence electrons. The van der Waals surface area contributed by atoms with Crippen LogP contribution in [-0.2, 0) is 41.8 Å². The zero-order chi connectivity index (χ0) is 95.1. The Bertz CT molecular complexity index is 7330. The first-order valence-electron chi connectivity index (χ1n) is 43.7. The molecule has 136 heavy (non-hydrogen) atoms. The van der Waals surface area contributed by atoms with Crippen molar-refractivity contribution in [2.45, 2.75) is 69.5 Å². The number of nitrogens with zero attached hydrogens (tertiary/aromatic N) is 17. The zero-order valence-corrected chi connectivity index (χ0v) is 75.7. The molecule has 6 aromatic carbocycles. The number of halogens is 5. The number of rotatable bonds is 17. The molecule has 5 N–H and O–H groups in total. The van der Waals surface area contributed by atoms with Crippen molar-refractivity contribution in [3.05, 3.63) is 264 Å². The lowest BCUT2D eigenvalue weighted by atomic mass is 9.99. The molecule has 0 bridgehead atoms. The summed E-state index contributed by atoms with van der Waals surface area (Å²) < 4.78 is 130. The lowest BCUT2D eigenvalue weighted by Gasteiger charge is -2.37. The predicted octanol–water partition coefficient (Wildman–Crippen LogP) is 15.2. The molecule has 10 aromatic heterocycles. The Balaban J connectivity index is 0.000000126. The monoisotopic (exact) mass is 1860 g/mol. The smallest absolute Gasteiger partial charge is 0.416 e. The molecule has 0 aliphatic carbocycles. The number of nitrogens with two attached hydrogens (primary N) is 1. The number of hydrogen-bond donors (Lipinski definition) is 4. The lowest BCUT2D eigenvalue weighted by molar-refractivity contribution is -0.137. The van der Waals surface area contributed by atoms with E-state index in [1.54, 1.807) is 69.4 Å². The van der Waals surface area contributed by atoms with Crippen LogP contribution >= 0.6 is 0 Å². The third-order valence-electron chi connectivity index (χ3n) is 23.7. The van der Waals surface area contributed by atoms with E-state index in [1.165, 1.54) is 42.1 Å². The Hall–Kier alpha value is -15.0. The maximum absolute atomic E-state index is 14.2. The topological polar surface area (TPSA) is 367 Å². The molecule has 0 saturated carbocycles. The van der Waals surface area contributed by atoms with Crippen LogP contribution in [0.25, 0.3) is 116 Å². The number of benzene rings is 6. The second-order valence-electron chi connectivity index (χ2n) is 32.6. The Kier molecular flexibility index (Phi) is 27.6. The minimum Gasteiger partial charge on any atom is -0.496 e. The Labute approximate surface area is 777 Å². The molecule has 4 aliphatic heterocycles. The summed E-state index contributed by atoms with van der Waals surface area (Å²) in [6, 6.07) is 51.7. The second kappa shape index (κ2) is 40.4. The van der Waals surface area contributed by atoms with Crippen LogP contribution in [0.3, 0.4) is 0 Å². The summed E-state index contributed by atoms with van der Waals surface area (Å²) in [5.74, 6) is 1.90. The number of fused-ring (bicyclic) bond motifs is 6. The van der Waals surface area contributed by atoms with E-state index in [0.29, 0.717) is 127 Å². The highest BCUT2D eigenvalue weighted by atomic mass is 32.2. The van der Waals surface area contributed by atoms with Crippen LogP contribution in [0, 0.1) is 11.6 Å². The summed E-state index contributed by atoms with van der Waals surface area (Å²) >= 11 is 0. The molecule has 0 spiro atoms. The maximum Gasteiger partial charge on any atom is 0.416 e. The number of nitrogen functional groups attached to an aromatic ring is 1. The van der Waals surface area contributed by atoms with Gasteiger partial charge in [-0.1, -0.05) is 30.3 Å². The van der Waals surface area contributed by atoms with Crippen molar-refractivity contribution < 1.29 is 68.7 Å². The number of amides is 1. The number of sulfonamides is 1. The molecule has 4 fully saturated rings. The minimum absolute atomic E-state index is 0.0106. The van der Waals surface area contributed by atoms with E-state index in [4.69, 9.17) is 64.1 Å². The third-order valence-corrected chi connectivity index (χ3v) is 25.1. The van der Waals surface area contributed by atoms with Crippen molar-refractivity contribution in [2.24, 2.45) is 0 Å². The van der Waals surface area contributed by atoms with Crippen molar-refractivity contribution in [3.63, 3.8) is 0 Å². The number of aliphatic hydroxyl groups excluding tert-OH is 1. The van der Waals surface area contributed by atoms with Crippen LogP contribution < -0.4 is 50.4 Å². The number of aliphatic hydroxyl groups is 1. The molecule has 4 saturated heterocycles. The minimum atomic E-state index is -4.52. The number of pyridine rings is 7. The normalized spacial score (nSPS) is 16.4. The summed E-state index contributed by atoms with van der Waals surface area (Å²) in [6.07, 6.45) is 5.19. The average Bonchev–Trinajstić information content (AvgIpc) is 0.879. The Morgan fingerprint density at radius 3 is 1.71 bits per heavy atom. The molecule has 4 aliphatic rings. The third kappa shape index (κ3) is 20.1. The summed E-state index contributed by atoms with van der Waals surface area (Å²) in [6.45, 7) is 16.7. The number of aromatic nitrogens is 13. The van der Waals surface area contributed by atoms with Crippen LogP contribution in [-0.4, -0.2) is 209 Å². The lowest BCUT2D eigenvalue weighted by Crippen LogP contribution is -2.46. The molecule has 31 nitrogen and oxygen atoms in total. The van der Waals surface area contributed by atoms with Gasteiger partial charge in [0, 0.05) is 131 Å². The van der Waals surface area contributed by atoms with Crippen molar-refractivity contribution in [1.29, 1.82) is 0 Å². The fourth-order valence-corrected chi connectivity index (χ4v) is 17.8. The largest absolute Gasteiger partial charge is 0.496 e. The molecule has 4 atom stereocenters. The molecule has 20 rings (SSSR count). The van der Waals surface area contributed by atoms with Crippen LogP contribution in [0.2, 0.25) is 0 Å². The summed E-state index contributed by atoms with van der Waals surface area (Å²) in [5.41, 5.74) is 16.9. The first-order valence-corrected chi connectivity index (χ1v) is 45.2. The average molecular weight is 1870 g/mol. The van der Waals surface area contributed by atoms with Crippen LogP contribution in [0.4, 0.5) is 57.0 Å². The van der Waals surface area contributed by atoms with Gasteiger partial charge in [-0.25, -0.2) is 37.1 Å². The van der Waals surface area contributed by atoms with Crippen LogP contribution in [0.5, 0.6) is 11.6 Å². The number of hydrogen-bond acceptors (Lipinski definition) is 28. The number of carbonyl (C=O) groups is 1. The summed E-state index contributed by atoms with van der Waals surface area (Å²) in [4.78, 5) is 80.2. The van der Waals surface area contributed by atoms with Gasteiger partial charge in [0.1, 0.15) is 45.4 Å². The van der Waals surface area contributed by atoms with Gasteiger partial charge in [0.25, 0.3) is 21.5 Å². The number of ether oxygens (including phenoxy) is 6. The highest BCUT2D eigenvalue weighted by molar-refractivity contribution is 7.92. The van der Waals surface area contributed by atoms with E-state index in [1.807, 2.05) is 109 Å². The summed E-state index contributed by atoms with van der Waals surface area (Å²) in [7, 11) is 0.151. The van der Waals surface area contributed by atoms with Gasteiger partial charge >= 0.3 is 6.18 Å². The van der Waals surface area contributed by atoms with Gasteiger partial charge < -0.3 is 64.2 Å².